The summed E-state index contributed by atoms with van der Waals surface area (Å²) in [6, 6.07) is 5.28. The fourth-order valence-electron chi connectivity index (χ4n) is 2.26. The minimum Gasteiger partial charge on any atom is -0.398 e. The van der Waals surface area contributed by atoms with Gasteiger partial charge in [0.1, 0.15) is 0 Å². The number of rotatable bonds is 2. The van der Waals surface area contributed by atoms with Crippen molar-refractivity contribution in [2.75, 3.05) is 18.9 Å². The van der Waals surface area contributed by atoms with E-state index in [2.05, 4.69) is 22.4 Å². The lowest BCUT2D eigenvalue weighted by atomic mass is 10.0. The highest BCUT2D eigenvalue weighted by molar-refractivity contribution is 6.31. The number of aromatic nitrogens is 4. The van der Waals surface area contributed by atoms with Crippen molar-refractivity contribution >= 4 is 17.3 Å². The monoisotopic (exact) mass is 279 g/mol. The predicted octanol–water partition coefficient (Wildman–Crippen LogP) is 1.71. The molecule has 3 rings (SSSR count). The molecule has 0 radical (unpaired) electrons. The van der Waals surface area contributed by atoms with Crippen molar-refractivity contribution in [3.8, 4) is 11.4 Å². The predicted molar refractivity (Wildman–Crippen MR) is 71.8 cm³/mol. The Morgan fingerprint density at radius 3 is 3.05 bits per heavy atom. The number of benzene rings is 1. The molecule has 1 saturated heterocycles. The zero-order valence-electron chi connectivity index (χ0n) is 10.5. The van der Waals surface area contributed by atoms with Gasteiger partial charge in [0.2, 0.25) is 0 Å². The van der Waals surface area contributed by atoms with Gasteiger partial charge in [-0.3, -0.25) is 0 Å². The Kier molecular flexibility index (Phi) is 2.91. The van der Waals surface area contributed by atoms with E-state index in [0.717, 1.165) is 12.0 Å². The van der Waals surface area contributed by atoms with E-state index >= 15 is 0 Å². The summed E-state index contributed by atoms with van der Waals surface area (Å²) in [5, 5.41) is 12.6. The van der Waals surface area contributed by atoms with Crippen molar-refractivity contribution in [2.45, 2.75) is 18.9 Å². The second kappa shape index (κ2) is 4.47. The van der Waals surface area contributed by atoms with Crippen LogP contribution in [0, 0.1) is 0 Å². The molecular weight excluding hydrogens is 266 g/mol. The van der Waals surface area contributed by atoms with E-state index in [9.17, 15) is 0 Å². The maximum atomic E-state index is 6.02. The van der Waals surface area contributed by atoms with E-state index in [-0.39, 0.29) is 5.54 Å². The number of hydrogen-bond acceptors (Lipinski definition) is 5. The normalized spacial score (nSPS) is 22.8. The Morgan fingerprint density at radius 2 is 2.32 bits per heavy atom. The minimum atomic E-state index is -0.242. The Morgan fingerprint density at radius 1 is 1.47 bits per heavy atom. The van der Waals surface area contributed by atoms with Crippen molar-refractivity contribution in [2.24, 2.45) is 0 Å². The number of anilines is 1. The first kappa shape index (κ1) is 12.4. The molecule has 0 spiro atoms. The van der Waals surface area contributed by atoms with Gasteiger partial charge in [0.25, 0.3) is 0 Å². The molecule has 7 heteroatoms. The van der Waals surface area contributed by atoms with E-state index in [1.54, 1.807) is 22.9 Å². The zero-order chi connectivity index (χ0) is 13.5. The Hall–Kier alpha value is -1.66. The first-order valence-electron chi connectivity index (χ1n) is 6.02. The summed E-state index contributed by atoms with van der Waals surface area (Å²) in [6.07, 6.45) is 0.867. The molecule has 1 aromatic heterocycles. The highest BCUT2D eigenvalue weighted by Gasteiger charge is 2.35. The molecule has 1 aromatic carbocycles. The van der Waals surface area contributed by atoms with Gasteiger partial charge in [0.15, 0.2) is 5.82 Å². The van der Waals surface area contributed by atoms with Gasteiger partial charge in [0.05, 0.1) is 12.1 Å². The molecule has 0 aliphatic carbocycles. The molecule has 2 heterocycles. The molecule has 6 nitrogen and oxygen atoms in total. The minimum absolute atomic E-state index is 0.242. The molecule has 1 aliphatic heterocycles. The fraction of sp³-hybridized carbons (Fsp3) is 0.417. The van der Waals surface area contributed by atoms with Crippen LogP contribution < -0.4 is 5.73 Å². The Bertz CT molecular complexity index is 606. The van der Waals surface area contributed by atoms with Crippen LogP contribution in [0.1, 0.15) is 13.3 Å². The number of nitrogens with two attached hydrogens (primary N) is 1. The third kappa shape index (κ3) is 2.06. The number of ether oxygens (including phenoxy) is 1. The van der Waals surface area contributed by atoms with E-state index in [1.165, 1.54) is 0 Å². The Labute approximate surface area is 115 Å². The lowest BCUT2D eigenvalue weighted by Gasteiger charge is -2.23. The third-order valence-corrected chi connectivity index (χ3v) is 3.67. The standard InChI is InChI=1S/C12H14ClN5O/c1-12(4-5-19-7-12)18-11(15-16-17-18)9-6-8(13)2-3-10(9)14/h2-3,6H,4-5,7,14H2,1H3. The number of tetrazole rings is 1. The summed E-state index contributed by atoms with van der Waals surface area (Å²) in [4.78, 5) is 0. The molecule has 1 fully saturated rings. The first-order valence-corrected chi connectivity index (χ1v) is 6.40. The summed E-state index contributed by atoms with van der Waals surface area (Å²) < 4.78 is 7.23. The van der Waals surface area contributed by atoms with Gasteiger partial charge in [-0.05, 0) is 42.0 Å². The Balaban J connectivity index is 2.12. The molecule has 2 N–H and O–H groups in total. The molecule has 1 unspecified atom stereocenters. The second-order valence-electron chi connectivity index (χ2n) is 4.95. The summed E-state index contributed by atoms with van der Waals surface area (Å²) >= 11 is 6.02. The van der Waals surface area contributed by atoms with Crippen LogP contribution >= 0.6 is 11.6 Å². The summed E-state index contributed by atoms with van der Waals surface area (Å²) in [6.45, 7) is 3.37. The summed E-state index contributed by atoms with van der Waals surface area (Å²) in [5.41, 5.74) is 7.09. The van der Waals surface area contributed by atoms with Gasteiger partial charge in [-0.2, -0.15) is 0 Å². The average molecular weight is 280 g/mol. The van der Waals surface area contributed by atoms with Crippen LogP contribution in [-0.4, -0.2) is 33.4 Å². The highest BCUT2D eigenvalue weighted by Crippen LogP contribution is 2.33. The van der Waals surface area contributed by atoms with Crippen LogP contribution in [0.2, 0.25) is 5.02 Å². The molecule has 0 amide bonds. The lowest BCUT2D eigenvalue weighted by molar-refractivity contribution is 0.155. The van der Waals surface area contributed by atoms with E-state index in [0.29, 0.717) is 29.7 Å². The number of nitrogens with zero attached hydrogens (tertiary/aromatic N) is 4. The summed E-state index contributed by atoms with van der Waals surface area (Å²) in [7, 11) is 0. The summed E-state index contributed by atoms with van der Waals surface area (Å²) in [5.74, 6) is 0.619. The average Bonchev–Trinajstić information content (AvgIpc) is 3.01. The van der Waals surface area contributed by atoms with Crippen LogP contribution in [0.25, 0.3) is 11.4 Å². The smallest absolute Gasteiger partial charge is 0.184 e. The zero-order valence-corrected chi connectivity index (χ0v) is 11.3. The molecule has 100 valence electrons. The second-order valence-corrected chi connectivity index (χ2v) is 5.38. The van der Waals surface area contributed by atoms with Crippen LogP contribution in [0.3, 0.4) is 0 Å². The largest absolute Gasteiger partial charge is 0.398 e. The number of hydrogen-bond donors (Lipinski definition) is 1. The van der Waals surface area contributed by atoms with Gasteiger partial charge >= 0.3 is 0 Å². The maximum Gasteiger partial charge on any atom is 0.184 e. The molecule has 2 aromatic rings. The molecule has 0 bridgehead atoms. The van der Waals surface area contributed by atoms with Crippen LogP contribution in [0.4, 0.5) is 5.69 Å². The van der Waals surface area contributed by atoms with Crippen molar-refractivity contribution < 1.29 is 4.74 Å². The molecule has 19 heavy (non-hydrogen) atoms. The van der Waals surface area contributed by atoms with E-state index in [4.69, 9.17) is 22.1 Å². The van der Waals surface area contributed by atoms with Crippen molar-refractivity contribution in [1.82, 2.24) is 20.2 Å². The SMILES string of the molecule is CC1(n2nnnc2-c2cc(Cl)ccc2N)CCOC1. The van der Waals surface area contributed by atoms with Gasteiger partial charge in [-0.25, -0.2) is 4.68 Å². The van der Waals surface area contributed by atoms with Crippen LogP contribution in [0.15, 0.2) is 18.2 Å². The quantitative estimate of drug-likeness (QED) is 0.847. The topological polar surface area (TPSA) is 78.9 Å². The van der Waals surface area contributed by atoms with Crippen molar-refractivity contribution in [3.63, 3.8) is 0 Å². The van der Waals surface area contributed by atoms with Crippen LogP contribution in [-0.2, 0) is 10.3 Å². The third-order valence-electron chi connectivity index (χ3n) is 3.44. The highest BCUT2D eigenvalue weighted by atomic mass is 35.5. The fourth-order valence-corrected chi connectivity index (χ4v) is 2.44. The van der Waals surface area contributed by atoms with E-state index < -0.39 is 0 Å². The first-order chi connectivity index (χ1) is 9.10. The van der Waals surface area contributed by atoms with Crippen molar-refractivity contribution in [1.29, 1.82) is 0 Å². The van der Waals surface area contributed by atoms with Gasteiger partial charge < -0.3 is 10.5 Å². The number of nitrogen functional groups attached to an aromatic ring is 1. The number of halogens is 1. The van der Waals surface area contributed by atoms with Crippen molar-refractivity contribution in [3.05, 3.63) is 23.2 Å². The van der Waals surface area contributed by atoms with Gasteiger partial charge in [0, 0.05) is 22.9 Å². The van der Waals surface area contributed by atoms with E-state index in [1.807, 2.05) is 0 Å². The van der Waals surface area contributed by atoms with Crippen LogP contribution in [0.5, 0.6) is 0 Å². The molecule has 1 atom stereocenters. The van der Waals surface area contributed by atoms with Gasteiger partial charge in [-0.1, -0.05) is 11.6 Å². The molecular formula is C12H14ClN5O. The maximum absolute atomic E-state index is 6.02. The molecule has 1 aliphatic rings. The van der Waals surface area contributed by atoms with Gasteiger partial charge in [-0.15, -0.1) is 5.10 Å². The lowest BCUT2D eigenvalue weighted by Crippen LogP contribution is -2.32. The molecule has 0 saturated carbocycles.